The molecule has 0 aliphatic heterocycles. The van der Waals surface area contributed by atoms with Gasteiger partial charge in [0.25, 0.3) is 0 Å². The molecular formula is C6H11NO3S. The third-order valence-corrected chi connectivity index (χ3v) is 1.25. The Morgan fingerprint density at radius 1 is 1.64 bits per heavy atom. The minimum atomic E-state index is -0.739. The van der Waals surface area contributed by atoms with Crippen LogP contribution in [0.2, 0.25) is 0 Å². The Morgan fingerprint density at radius 2 is 2.18 bits per heavy atom. The summed E-state index contributed by atoms with van der Waals surface area (Å²) in [6.45, 7) is 1.16. The van der Waals surface area contributed by atoms with Gasteiger partial charge in [0.15, 0.2) is 0 Å². The minimum Gasteiger partial charge on any atom is -0.392 e. The fourth-order valence-electron chi connectivity index (χ4n) is 0.474. The second kappa shape index (κ2) is 5.15. The molecule has 64 valence electrons. The first-order valence-electron chi connectivity index (χ1n) is 3.16. The van der Waals surface area contributed by atoms with Gasteiger partial charge in [0.1, 0.15) is 6.04 Å². The lowest BCUT2D eigenvalue weighted by atomic mass is 10.2. The van der Waals surface area contributed by atoms with Crippen LogP contribution in [0.4, 0.5) is 0 Å². The molecule has 5 heteroatoms. The summed E-state index contributed by atoms with van der Waals surface area (Å²) in [5.41, 5.74) is 5.30. The molecule has 1 atom stereocenters. The number of ether oxygens (including phenoxy) is 1. The molecule has 11 heavy (non-hydrogen) atoms. The maximum atomic E-state index is 10.7. The van der Waals surface area contributed by atoms with Crippen molar-refractivity contribution in [2.45, 2.75) is 19.4 Å². The highest BCUT2D eigenvalue weighted by atomic mass is 32.1. The van der Waals surface area contributed by atoms with E-state index < -0.39 is 18.0 Å². The van der Waals surface area contributed by atoms with Crippen LogP contribution in [-0.4, -0.2) is 23.7 Å². The largest absolute Gasteiger partial charge is 0.392 e. The van der Waals surface area contributed by atoms with Crippen molar-refractivity contribution >= 4 is 24.6 Å². The highest BCUT2D eigenvalue weighted by Gasteiger charge is 2.15. The molecule has 0 radical (unpaired) electrons. The number of carbonyl (C=O) groups excluding carboxylic acids is 2. The van der Waals surface area contributed by atoms with Crippen molar-refractivity contribution in [1.29, 1.82) is 0 Å². The topological polar surface area (TPSA) is 69.4 Å². The van der Waals surface area contributed by atoms with E-state index in [0.717, 1.165) is 6.92 Å². The summed E-state index contributed by atoms with van der Waals surface area (Å²) in [5, 5.41) is 0. The van der Waals surface area contributed by atoms with Crippen molar-refractivity contribution in [1.82, 2.24) is 0 Å². The number of rotatable bonds is 3. The van der Waals surface area contributed by atoms with Gasteiger partial charge in [0.2, 0.25) is 0 Å². The first-order valence-corrected chi connectivity index (χ1v) is 3.80. The van der Waals surface area contributed by atoms with Gasteiger partial charge in [-0.25, -0.2) is 4.79 Å². The van der Waals surface area contributed by atoms with Crippen LogP contribution in [0, 0.1) is 0 Å². The van der Waals surface area contributed by atoms with Crippen LogP contribution in [0.1, 0.15) is 13.3 Å². The predicted molar refractivity (Wildman–Crippen MR) is 43.2 cm³/mol. The maximum absolute atomic E-state index is 10.7. The Hall–Kier alpha value is -0.550. The van der Waals surface area contributed by atoms with Gasteiger partial charge in [-0.2, -0.15) is 12.6 Å². The van der Waals surface area contributed by atoms with Crippen molar-refractivity contribution in [3.05, 3.63) is 0 Å². The minimum absolute atomic E-state index is 0.412. The van der Waals surface area contributed by atoms with Crippen molar-refractivity contribution in [3.8, 4) is 0 Å². The third-order valence-electron chi connectivity index (χ3n) is 0.987. The number of esters is 2. The molecule has 0 amide bonds. The van der Waals surface area contributed by atoms with Gasteiger partial charge in [-0.1, -0.05) is 0 Å². The predicted octanol–water partition coefficient (Wildman–Crippen LogP) is -0.277. The third kappa shape index (κ3) is 4.80. The lowest BCUT2D eigenvalue weighted by molar-refractivity contribution is -0.159. The second-order valence-corrected chi connectivity index (χ2v) is 2.48. The molecule has 0 saturated carbocycles. The van der Waals surface area contributed by atoms with Gasteiger partial charge in [0, 0.05) is 6.92 Å². The van der Waals surface area contributed by atoms with E-state index in [1.807, 2.05) is 0 Å². The molecular weight excluding hydrogens is 166 g/mol. The zero-order valence-corrected chi connectivity index (χ0v) is 7.14. The normalized spacial score (nSPS) is 12.3. The van der Waals surface area contributed by atoms with E-state index in [2.05, 4.69) is 17.4 Å². The van der Waals surface area contributed by atoms with Crippen LogP contribution in [-0.2, 0) is 14.3 Å². The maximum Gasteiger partial charge on any atom is 0.330 e. The van der Waals surface area contributed by atoms with Crippen molar-refractivity contribution in [2.75, 3.05) is 5.75 Å². The van der Waals surface area contributed by atoms with Gasteiger partial charge in [-0.05, 0) is 12.2 Å². The zero-order chi connectivity index (χ0) is 8.85. The quantitative estimate of drug-likeness (QED) is 0.353. The number of carbonyl (C=O) groups is 2. The summed E-state index contributed by atoms with van der Waals surface area (Å²) >= 11 is 3.87. The van der Waals surface area contributed by atoms with E-state index in [4.69, 9.17) is 5.73 Å². The van der Waals surface area contributed by atoms with Crippen LogP contribution in [0.25, 0.3) is 0 Å². The van der Waals surface area contributed by atoms with E-state index in [1.165, 1.54) is 0 Å². The van der Waals surface area contributed by atoms with Crippen molar-refractivity contribution in [3.63, 3.8) is 0 Å². The van der Waals surface area contributed by atoms with Gasteiger partial charge in [-0.3, -0.25) is 4.79 Å². The van der Waals surface area contributed by atoms with Crippen molar-refractivity contribution < 1.29 is 14.3 Å². The molecule has 0 rings (SSSR count). The molecule has 0 aliphatic rings. The SMILES string of the molecule is CC(=O)OC(=O)[C@@H](N)CCS. The molecule has 2 N–H and O–H groups in total. The standard InChI is InChI=1S/C6H11NO3S/c1-4(8)10-6(9)5(7)2-3-11/h5,11H,2-3,7H2,1H3/t5-/m0/s1. The summed E-state index contributed by atoms with van der Waals surface area (Å²) in [6.07, 6.45) is 0.412. The Balaban J connectivity index is 3.73. The van der Waals surface area contributed by atoms with E-state index >= 15 is 0 Å². The molecule has 0 bridgehead atoms. The second-order valence-electron chi connectivity index (χ2n) is 2.03. The van der Waals surface area contributed by atoms with E-state index in [1.54, 1.807) is 0 Å². The molecule has 0 unspecified atom stereocenters. The Labute approximate surface area is 70.5 Å². The molecule has 0 fully saturated rings. The van der Waals surface area contributed by atoms with Gasteiger partial charge in [-0.15, -0.1) is 0 Å². The summed E-state index contributed by atoms with van der Waals surface area (Å²) in [7, 11) is 0. The molecule has 0 spiro atoms. The average molecular weight is 177 g/mol. The molecule has 0 saturated heterocycles. The van der Waals surface area contributed by atoms with E-state index in [0.29, 0.717) is 12.2 Å². The van der Waals surface area contributed by atoms with Gasteiger partial charge >= 0.3 is 11.9 Å². The first kappa shape index (κ1) is 10.4. The van der Waals surface area contributed by atoms with Crippen molar-refractivity contribution in [2.24, 2.45) is 5.73 Å². The first-order chi connectivity index (χ1) is 5.07. The Morgan fingerprint density at radius 3 is 2.55 bits per heavy atom. The lowest BCUT2D eigenvalue weighted by Crippen LogP contribution is -2.33. The summed E-state index contributed by atoms with van der Waals surface area (Å²) in [6, 6.07) is -0.739. The highest BCUT2D eigenvalue weighted by molar-refractivity contribution is 7.80. The number of hydrogen-bond donors (Lipinski definition) is 2. The lowest BCUT2D eigenvalue weighted by Gasteiger charge is -2.06. The Kier molecular flexibility index (Phi) is 4.89. The summed E-state index contributed by atoms with van der Waals surface area (Å²) in [5.74, 6) is -0.829. The average Bonchev–Trinajstić information content (AvgIpc) is 1.86. The molecule has 0 heterocycles. The van der Waals surface area contributed by atoms with Crippen LogP contribution in [0.3, 0.4) is 0 Å². The van der Waals surface area contributed by atoms with Crippen LogP contribution >= 0.6 is 12.6 Å². The summed E-state index contributed by atoms with van der Waals surface area (Å²) in [4.78, 5) is 21.0. The van der Waals surface area contributed by atoms with Crippen LogP contribution < -0.4 is 5.73 Å². The smallest absolute Gasteiger partial charge is 0.330 e. The summed E-state index contributed by atoms with van der Waals surface area (Å²) < 4.78 is 4.23. The zero-order valence-electron chi connectivity index (χ0n) is 6.24. The fraction of sp³-hybridized carbons (Fsp3) is 0.667. The molecule has 0 aromatic rings. The van der Waals surface area contributed by atoms with E-state index in [-0.39, 0.29) is 0 Å². The number of hydrogen-bond acceptors (Lipinski definition) is 5. The number of thiol groups is 1. The van der Waals surface area contributed by atoms with E-state index in [9.17, 15) is 9.59 Å². The highest BCUT2D eigenvalue weighted by Crippen LogP contribution is 1.94. The van der Waals surface area contributed by atoms with Gasteiger partial charge < -0.3 is 10.5 Å². The number of nitrogens with two attached hydrogens (primary N) is 1. The monoisotopic (exact) mass is 177 g/mol. The van der Waals surface area contributed by atoms with Crippen LogP contribution in [0.15, 0.2) is 0 Å². The molecule has 0 aromatic carbocycles. The Bertz CT molecular complexity index is 160. The van der Waals surface area contributed by atoms with Gasteiger partial charge in [0.05, 0.1) is 0 Å². The molecule has 4 nitrogen and oxygen atoms in total. The molecule has 0 aromatic heterocycles. The van der Waals surface area contributed by atoms with Crippen LogP contribution in [0.5, 0.6) is 0 Å². The molecule has 0 aliphatic carbocycles. The fourth-order valence-corrected chi connectivity index (χ4v) is 0.752.